The largest absolute Gasteiger partial charge is 0.478 e. The predicted octanol–water partition coefficient (Wildman–Crippen LogP) is 3.63. The number of hydrogen-bond acceptors (Lipinski definition) is 5. The van der Waals surface area contributed by atoms with E-state index in [0.717, 1.165) is 5.56 Å². The average molecular weight is 353 g/mol. The van der Waals surface area contributed by atoms with E-state index in [1.165, 1.54) is 17.4 Å². The molecule has 3 N–H and O–H groups in total. The Balaban J connectivity index is 1.92. The molecule has 6 nitrogen and oxygen atoms in total. The van der Waals surface area contributed by atoms with Crippen molar-refractivity contribution >= 4 is 34.0 Å². The van der Waals surface area contributed by atoms with Gasteiger partial charge in [-0.1, -0.05) is 42.5 Å². The highest BCUT2D eigenvalue weighted by Gasteiger charge is 2.23. The quantitative estimate of drug-likeness (QED) is 0.629. The number of benzene rings is 2. The second kappa shape index (κ2) is 7.59. The minimum atomic E-state index is -1.06. The fourth-order valence-electron chi connectivity index (χ4n) is 2.36. The number of nitrogens with zero attached hydrogens (tertiary/aromatic N) is 1. The first-order valence-corrected chi connectivity index (χ1v) is 8.37. The number of aromatic carboxylic acids is 1. The number of carbonyl (C=O) groups is 2. The second-order valence-electron chi connectivity index (χ2n) is 5.17. The van der Waals surface area contributed by atoms with Gasteiger partial charge in [-0.05, 0) is 17.7 Å². The van der Waals surface area contributed by atoms with Crippen molar-refractivity contribution in [3.05, 3.63) is 77.3 Å². The zero-order chi connectivity index (χ0) is 17.6. The van der Waals surface area contributed by atoms with Crippen molar-refractivity contribution in [2.75, 3.05) is 10.6 Å². The molecule has 7 heteroatoms. The van der Waals surface area contributed by atoms with Crippen molar-refractivity contribution in [3.8, 4) is 0 Å². The van der Waals surface area contributed by atoms with Gasteiger partial charge in [0.05, 0.1) is 5.56 Å². The summed E-state index contributed by atoms with van der Waals surface area (Å²) < 4.78 is 0. The van der Waals surface area contributed by atoms with Crippen LogP contribution in [-0.2, 0) is 4.79 Å². The Labute approximate surface area is 148 Å². The lowest BCUT2D eigenvalue weighted by molar-refractivity contribution is -0.117. The lowest BCUT2D eigenvalue weighted by Crippen LogP contribution is -2.27. The molecule has 1 amide bonds. The van der Waals surface area contributed by atoms with Crippen LogP contribution in [-0.4, -0.2) is 22.0 Å². The summed E-state index contributed by atoms with van der Waals surface area (Å²) in [5.41, 5.74) is 1.19. The molecule has 3 rings (SSSR count). The van der Waals surface area contributed by atoms with E-state index in [2.05, 4.69) is 15.6 Å². The normalized spacial score (nSPS) is 11.5. The number of rotatable bonds is 6. The summed E-state index contributed by atoms with van der Waals surface area (Å²) in [5.74, 6) is -1.38. The number of anilines is 2. The van der Waals surface area contributed by atoms with Gasteiger partial charge in [0.15, 0.2) is 5.13 Å². The maximum atomic E-state index is 12.7. The summed E-state index contributed by atoms with van der Waals surface area (Å²) in [5, 5.41) is 17.4. The molecule has 0 radical (unpaired) electrons. The van der Waals surface area contributed by atoms with Crippen molar-refractivity contribution in [1.82, 2.24) is 4.98 Å². The second-order valence-corrected chi connectivity index (χ2v) is 6.06. The summed E-state index contributed by atoms with van der Waals surface area (Å²) >= 11 is 1.31. The predicted molar refractivity (Wildman–Crippen MR) is 97.0 cm³/mol. The molecule has 1 heterocycles. The van der Waals surface area contributed by atoms with Crippen LogP contribution >= 0.6 is 11.3 Å². The third kappa shape index (κ3) is 4.02. The van der Waals surface area contributed by atoms with E-state index in [1.807, 2.05) is 30.3 Å². The minimum Gasteiger partial charge on any atom is -0.478 e. The molecule has 2 aromatic carbocycles. The molecule has 3 aromatic rings. The summed E-state index contributed by atoms with van der Waals surface area (Å²) in [6.45, 7) is 0. The SMILES string of the molecule is O=C(O)c1ccccc1NC(C(=O)Nc1nccs1)c1ccccc1. The number of carboxylic acids is 1. The van der Waals surface area contributed by atoms with E-state index in [0.29, 0.717) is 10.8 Å². The number of carboxylic acid groups (broad SMARTS) is 1. The average Bonchev–Trinajstić information content (AvgIpc) is 3.13. The van der Waals surface area contributed by atoms with Gasteiger partial charge in [-0.3, -0.25) is 10.1 Å². The van der Waals surface area contributed by atoms with Crippen LogP contribution in [0.25, 0.3) is 0 Å². The maximum absolute atomic E-state index is 12.7. The first-order valence-electron chi connectivity index (χ1n) is 7.49. The van der Waals surface area contributed by atoms with Crippen LogP contribution in [0.3, 0.4) is 0 Å². The Morgan fingerprint density at radius 3 is 2.44 bits per heavy atom. The summed E-state index contributed by atoms with van der Waals surface area (Å²) in [6, 6.07) is 14.8. The first-order chi connectivity index (χ1) is 12.1. The molecule has 0 saturated heterocycles. The van der Waals surface area contributed by atoms with Crippen molar-refractivity contribution in [3.63, 3.8) is 0 Å². The fraction of sp³-hybridized carbons (Fsp3) is 0.0556. The topological polar surface area (TPSA) is 91.3 Å². The van der Waals surface area contributed by atoms with Crippen LogP contribution in [0.5, 0.6) is 0 Å². The van der Waals surface area contributed by atoms with E-state index in [4.69, 9.17) is 0 Å². The van der Waals surface area contributed by atoms with Crippen LogP contribution in [0, 0.1) is 0 Å². The lowest BCUT2D eigenvalue weighted by Gasteiger charge is -2.20. The third-order valence-corrected chi connectivity index (χ3v) is 4.20. The van der Waals surface area contributed by atoms with Crippen LogP contribution in [0.4, 0.5) is 10.8 Å². The zero-order valence-electron chi connectivity index (χ0n) is 13.0. The fourth-order valence-corrected chi connectivity index (χ4v) is 2.89. The van der Waals surface area contributed by atoms with Crippen LogP contribution < -0.4 is 10.6 Å². The van der Waals surface area contributed by atoms with E-state index in [1.54, 1.807) is 29.8 Å². The molecule has 0 fully saturated rings. The number of para-hydroxylation sites is 1. The van der Waals surface area contributed by atoms with Gasteiger partial charge in [-0.25, -0.2) is 9.78 Å². The zero-order valence-corrected chi connectivity index (χ0v) is 13.9. The highest BCUT2D eigenvalue weighted by molar-refractivity contribution is 7.13. The number of carbonyl (C=O) groups excluding carboxylic acids is 1. The van der Waals surface area contributed by atoms with Gasteiger partial charge in [0.25, 0.3) is 5.91 Å². The molecular weight excluding hydrogens is 338 g/mol. The molecule has 25 heavy (non-hydrogen) atoms. The lowest BCUT2D eigenvalue weighted by atomic mass is 10.0. The first kappa shape index (κ1) is 16.7. The molecule has 0 bridgehead atoms. The smallest absolute Gasteiger partial charge is 0.337 e. The molecule has 126 valence electrons. The van der Waals surface area contributed by atoms with Gasteiger partial charge in [-0.15, -0.1) is 11.3 Å². The van der Waals surface area contributed by atoms with Gasteiger partial charge in [-0.2, -0.15) is 0 Å². The van der Waals surface area contributed by atoms with Crippen molar-refractivity contribution < 1.29 is 14.7 Å². The molecule has 0 aliphatic rings. The van der Waals surface area contributed by atoms with Crippen LogP contribution in [0.1, 0.15) is 22.0 Å². The summed E-state index contributed by atoms with van der Waals surface area (Å²) in [7, 11) is 0. The summed E-state index contributed by atoms with van der Waals surface area (Å²) in [4.78, 5) is 28.2. The van der Waals surface area contributed by atoms with Gasteiger partial charge in [0.2, 0.25) is 0 Å². The molecule has 1 aromatic heterocycles. The molecular formula is C18H15N3O3S. The van der Waals surface area contributed by atoms with Gasteiger partial charge in [0, 0.05) is 17.3 Å². The van der Waals surface area contributed by atoms with Crippen molar-refractivity contribution in [2.45, 2.75) is 6.04 Å². The van der Waals surface area contributed by atoms with Crippen molar-refractivity contribution in [1.29, 1.82) is 0 Å². The van der Waals surface area contributed by atoms with E-state index in [9.17, 15) is 14.7 Å². The Hall–Kier alpha value is -3.19. The summed E-state index contributed by atoms with van der Waals surface area (Å²) in [6.07, 6.45) is 1.60. The highest BCUT2D eigenvalue weighted by atomic mass is 32.1. The van der Waals surface area contributed by atoms with Gasteiger partial charge >= 0.3 is 5.97 Å². The minimum absolute atomic E-state index is 0.102. The Kier molecular flexibility index (Phi) is 5.06. The Morgan fingerprint density at radius 2 is 1.76 bits per heavy atom. The molecule has 1 unspecified atom stereocenters. The van der Waals surface area contributed by atoms with Gasteiger partial charge in [0.1, 0.15) is 6.04 Å². The Bertz CT molecular complexity index is 866. The molecule has 1 atom stereocenters. The maximum Gasteiger partial charge on any atom is 0.337 e. The number of nitrogens with one attached hydrogen (secondary N) is 2. The van der Waals surface area contributed by atoms with E-state index < -0.39 is 12.0 Å². The Morgan fingerprint density at radius 1 is 1.04 bits per heavy atom. The monoisotopic (exact) mass is 353 g/mol. The van der Waals surface area contributed by atoms with Crippen molar-refractivity contribution in [2.24, 2.45) is 0 Å². The number of amides is 1. The number of thiazole rings is 1. The molecule has 0 aliphatic carbocycles. The third-order valence-electron chi connectivity index (χ3n) is 3.51. The number of hydrogen-bond donors (Lipinski definition) is 3. The highest BCUT2D eigenvalue weighted by Crippen LogP contribution is 2.24. The standard InChI is InChI=1S/C18H15N3O3S/c22-16(21-18-19-10-11-25-18)15(12-6-2-1-3-7-12)20-14-9-5-4-8-13(14)17(23)24/h1-11,15,20H,(H,23,24)(H,19,21,22). The number of aromatic nitrogens is 1. The molecule has 0 spiro atoms. The van der Waals surface area contributed by atoms with E-state index in [-0.39, 0.29) is 11.5 Å². The van der Waals surface area contributed by atoms with Crippen LogP contribution in [0.15, 0.2) is 66.2 Å². The molecule has 0 saturated carbocycles. The van der Waals surface area contributed by atoms with Gasteiger partial charge < -0.3 is 10.4 Å². The molecule has 0 aliphatic heterocycles. The van der Waals surface area contributed by atoms with E-state index >= 15 is 0 Å². The van der Waals surface area contributed by atoms with Crippen LogP contribution in [0.2, 0.25) is 0 Å².